The molecule has 0 aromatic carbocycles. The van der Waals surface area contributed by atoms with Crippen LogP contribution in [0.2, 0.25) is 0 Å². The van der Waals surface area contributed by atoms with Crippen molar-refractivity contribution in [3.05, 3.63) is 38.9 Å². The second-order valence-corrected chi connectivity index (χ2v) is 10.2. The molecule has 14 nitrogen and oxygen atoms in total. The smallest absolute Gasteiger partial charge is 0.543 e. The van der Waals surface area contributed by atoms with Crippen molar-refractivity contribution < 1.29 is 53.9 Å². The molecule has 0 radical (unpaired) electrons. The van der Waals surface area contributed by atoms with E-state index in [1.54, 1.807) is 7.05 Å². The molecule has 1 saturated heterocycles. The van der Waals surface area contributed by atoms with E-state index in [4.69, 9.17) is 10.6 Å². The maximum absolute atomic E-state index is 12.9. The number of aryl methyl sites for hydroxylation is 1. The van der Waals surface area contributed by atoms with Gasteiger partial charge in [0.15, 0.2) is 16.0 Å². The largest absolute Gasteiger partial charge is 1.00 e. The van der Waals surface area contributed by atoms with Gasteiger partial charge < -0.3 is 25.8 Å². The molecule has 2 amide bonds. The number of nitrogens with one attached hydrogen (secondary N) is 1. The van der Waals surface area contributed by atoms with Gasteiger partial charge in [0.2, 0.25) is 0 Å². The standard InChI is InChI=1S/C18H18N8O6S3.Na/c1-25-18(22-9(27)4-21-25)34-6-7-5-33-15-11(14(29)26(15)12(7)16(30)31)23-13(28)10(24-32-2)8-3-20-17(19)35-8;/h3-4,11,15H,5-6H2,1-2H3,(H2,19,20)(H,23,28)(H,30,31);/q;+1/p-1/b24-10+;/t11-,15-;/m1./s1. The molecule has 184 valence electrons. The number of nitrogen functional groups attached to an aromatic ring is 1. The molecule has 0 unspecified atom stereocenters. The van der Waals surface area contributed by atoms with Crippen LogP contribution in [0.3, 0.4) is 0 Å². The fourth-order valence-electron chi connectivity index (χ4n) is 3.34. The van der Waals surface area contributed by atoms with E-state index in [9.17, 15) is 24.3 Å². The van der Waals surface area contributed by atoms with Gasteiger partial charge in [-0.15, -0.1) is 11.8 Å². The Balaban J connectivity index is 0.00000361. The number of carbonyl (C=O) groups excluding carboxylic acids is 3. The van der Waals surface area contributed by atoms with Crippen LogP contribution in [-0.2, 0) is 26.3 Å². The number of thiazole rings is 1. The molecule has 0 saturated carbocycles. The number of amides is 2. The van der Waals surface area contributed by atoms with E-state index in [1.165, 1.54) is 29.8 Å². The predicted molar refractivity (Wildman–Crippen MR) is 125 cm³/mol. The number of nitrogens with zero attached hydrogens (tertiary/aromatic N) is 6. The zero-order valence-corrected chi connectivity index (χ0v) is 23.6. The molecule has 2 atom stereocenters. The Hall–Kier alpha value is -2.44. The van der Waals surface area contributed by atoms with Gasteiger partial charge in [-0.25, -0.2) is 9.67 Å². The summed E-state index contributed by atoms with van der Waals surface area (Å²) in [6, 6.07) is -0.982. The first kappa shape index (κ1) is 28.1. The van der Waals surface area contributed by atoms with Crippen LogP contribution in [0, 0.1) is 0 Å². The monoisotopic (exact) mass is 560 g/mol. The minimum atomic E-state index is -1.51. The summed E-state index contributed by atoms with van der Waals surface area (Å²) >= 11 is 3.42. The van der Waals surface area contributed by atoms with Crippen molar-refractivity contribution in [3.63, 3.8) is 0 Å². The molecule has 3 N–H and O–H groups in total. The predicted octanol–water partition coefficient (Wildman–Crippen LogP) is -5.24. The zero-order chi connectivity index (χ0) is 25.3. The number of β-lactam (4-membered cyclic amide) rings is 1. The zero-order valence-electron chi connectivity index (χ0n) is 19.2. The van der Waals surface area contributed by atoms with Crippen molar-refractivity contribution in [2.45, 2.75) is 16.6 Å². The summed E-state index contributed by atoms with van der Waals surface area (Å²) in [5.41, 5.74) is 5.15. The number of hydrogen-bond acceptors (Lipinski definition) is 14. The Morgan fingerprint density at radius 2 is 2.14 bits per heavy atom. The average Bonchev–Trinajstić information content (AvgIpc) is 3.26. The fourth-order valence-corrected chi connectivity index (χ4v) is 6.41. The number of fused-ring (bicyclic) bond motifs is 1. The van der Waals surface area contributed by atoms with Crippen LogP contribution in [0.25, 0.3) is 0 Å². The van der Waals surface area contributed by atoms with Crippen molar-refractivity contribution in [2.75, 3.05) is 24.3 Å². The maximum atomic E-state index is 12.9. The molecule has 2 aliphatic rings. The van der Waals surface area contributed by atoms with Crippen LogP contribution in [0.4, 0.5) is 5.13 Å². The van der Waals surface area contributed by atoms with Gasteiger partial charge in [-0.2, -0.15) is 10.1 Å². The van der Waals surface area contributed by atoms with Gasteiger partial charge in [0, 0.05) is 24.8 Å². The second kappa shape index (κ2) is 11.7. The molecule has 2 aromatic heterocycles. The first-order valence-corrected chi connectivity index (χ1v) is 12.6. The molecule has 4 heterocycles. The molecule has 0 spiro atoms. The van der Waals surface area contributed by atoms with E-state index in [-0.39, 0.29) is 57.6 Å². The quantitative estimate of drug-likeness (QED) is 0.102. The third-order valence-electron chi connectivity index (χ3n) is 4.88. The van der Waals surface area contributed by atoms with Gasteiger partial charge in [-0.05, 0) is 5.57 Å². The number of rotatable bonds is 8. The number of carboxylic acids is 1. The number of aliphatic carboxylic acids is 1. The van der Waals surface area contributed by atoms with Gasteiger partial charge in [-0.3, -0.25) is 19.3 Å². The molecule has 4 rings (SSSR count). The van der Waals surface area contributed by atoms with Gasteiger partial charge in [-0.1, -0.05) is 28.3 Å². The van der Waals surface area contributed by atoms with Crippen LogP contribution in [0.15, 0.2) is 38.8 Å². The Morgan fingerprint density at radius 1 is 1.39 bits per heavy atom. The Morgan fingerprint density at radius 3 is 2.78 bits per heavy atom. The summed E-state index contributed by atoms with van der Waals surface area (Å²) in [4.78, 5) is 63.0. The van der Waals surface area contributed by atoms with Crippen LogP contribution < -0.4 is 51.3 Å². The summed E-state index contributed by atoms with van der Waals surface area (Å²) in [5.74, 6) is -2.41. The number of nitrogens with two attached hydrogens (primary N) is 1. The van der Waals surface area contributed by atoms with Crippen molar-refractivity contribution >= 4 is 63.5 Å². The minimum Gasteiger partial charge on any atom is -0.543 e. The number of carboxylic acid groups (broad SMARTS) is 1. The molecule has 2 aromatic rings. The van der Waals surface area contributed by atoms with E-state index in [1.807, 2.05) is 0 Å². The van der Waals surface area contributed by atoms with Gasteiger partial charge >= 0.3 is 29.6 Å². The van der Waals surface area contributed by atoms with Crippen LogP contribution in [0.5, 0.6) is 0 Å². The number of thioether (sulfide) groups is 2. The summed E-state index contributed by atoms with van der Waals surface area (Å²) < 4.78 is 1.39. The van der Waals surface area contributed by atoms with Crippen molar-refractivity contribution in [3.8, 4) is 0 Å². The summed E-state index contributed by atoms with van der Waals surface area (Å²) in [7, 11) is 2.86. The number of hydrogen-bond donors (Lipinski definition) is 2. The molecule has 36 heavy (non-hydrogen) atoms. The van der Waals surface area contributed by atoms with Gasteiger partial charge in [0.25, 0.3) is 17.4 Å². The van der Waals surface area contributed by atoms with Crippen molar-refractivity contribution in [1.82, 2.24) is 30.0 Å². The van der Waals surface area contributed by atoms with E-state index < -0.39 is 34.8 Å². The molecule has 2 aliphatic heterocycles. The van der Waals surface area contributed by atoms with Crippen molar-refractivity contribution in [2.24, 2.45) is 12.2 Å². The first-order chi connectivity index (χ1) is 16.7. The average molecular weight is 561 g/mol. The molecular formula is C18H17N8NaO6S3. The van der Waals surface area contributed by atoms with Crippen molar-refractivity contribution in [1.29, 1.82) is 0 Å². The first-order valence-electron chi connectivity index (χ1n) is 9.76. The van der Waals surface area contributed by atoms with Crippen LogP contribution in [-0.4, -0.2) is 78.2 Å². The van der Waals surface area contributed by atoms with Crippen LogP contribution in [0.1, 0.15) is 4.88 Å². The Kier molecular flexibility index (Phi) is 9.18. The maximum Gasteiger partial charge on any atom is 1.00 e. The fraction of sp³-hybridized carbons (Fsp3) is 0.333. The topological polar surface area (TPSA) is 198 Å². The van der Waals surface area contributed by atoms with E-state index in [0.29, 0.717) is 15.6 Å². The summed E-state index contributed by atoms with van der Waals surface area (Å²) in [6.07, 6.45) is 2.42. The third-order valence-corrected chi connectivity index (χ3v) is 8.16. The Bertz CT molecular complexity index is 1330. The number of aromatic nitrogens is 4. The third kappa shape index (κ3) is 5.60. The molecule has 18 heteroatoms. The summed E-state index contributed by atoms with van der Waals surface area (Å²) in [6.45, 7) is 0. The second-order valence-electron chi connectivity index (χ2n) is 7.08. The molecule has 1 fully saturated rings. The van der Waals surface area contributed by atoms with E-state index >= 15 is 0 Å². The van der Waals surface area contributed by atoms with Gasteiger partial charge in [0.05, 0.1) is 16.5 Å². The summed E-state index contributed by atoms with van der Waals surface area (Å²) in [5, 5.41) is 22.0. The SMILES string of the molecule is CO/N=C(/C(=O)N[C@@H]1C(=O)N2C(C(=O)[O-])=C(CSc3nc(=O)cnn3C)CS[C@H]12)c1cnc(N)s1.[Na+]. The molecule has 0 aliphatic carbocycles. The van der Waals surface area contributed by atoms with E-state index in [0.717, 1.165) is 34.2 Å². The van der Waals surface area contributed by atoms with Crippen LogP contribution >= 0.6 is 34.9 Å². The molecule has 0 bridgehead atoms. The van der Waals surface area contributed by atoms with E-state index in [2.05, 4.69) is 25.5 Å². The number of anilines is 1. The Labute approximate surface area is 238 Å². The molecular weight excluding hydrogens is 543 g/mol. The minimum absolute atomic E-state index is 0. The normalized spacial score (nSPS) is 19.2. The van der Waals surface area contributed by atoms with Gasteiger partial charge in [0.1, 0.15) is 24.7 Å². The number of oxime groups is 1. The number of carbonyl (C=O) groups is 3.